The van der Waals surface area contributed by atoms with Gasteiger partial charge in [0.1, 0.15) is 0 Å². The molecule has 1 fully saturated rings. The van der Waals surface area contributed by atoms with Gasteiger partial charge in [-0.05, 0) is 44.1 Å². The molecule has 0 amide bonds. The molecule has 1 aliphatic carbocycles. The fourth-order valence-electron chi connectivity index (χ4n) is 2.89. The molecule has 0 bridgehead atoms. The molecule has 1 aliphatic rings. The van der Waals surface area contributed by atoms with E-state index in [9.17, 15) is 0 Å². The van der Waals surface area contributed by atoms with E-state index in [2.05, 4.69) is 18.8 Å². The van der Waals surface area contributed by atoms with E-state index in [1.54, 1.807) is 0 Å². The highest BCUT2D eigenvalue weighted by Gasteiger charge is 2.28. The zero-order valence-corrected chi connectivity index (χ0v) is 10.3. The zero-order valence-electron chi connectivity index (χ0n) is 10.3. The van der Waals surface area contributed by atoms with Gasteiger partial charge in [-0.3, -0.25) is 0 Å². The van der Waals surface area contributed by atoms with Crippen LogP contribution in [0.25, 0.3) is 0 Å². The van der Waals surface area contributed by atoms with E-state index < -0.39 is 0 Å². The third-order valence-corrected chi connectivity index (χ3v) is 3.79. The first-order valence-electron chi connectivity index (χ1n) is 6.41. The summed E-state index contributed by atoms with van der Waals surface area (Å²) < 4.78 is 0. The number of hydrogen-bond donors (Lipinski definition) is 1. The Morgan fingerprint density at radius 1 is 1.27 bits per heavy atom. The van der Waals surface area contributed by atoms with Crippen LogP contribution in [0.15, 0.2) is 0 Å². The average molecular weight is 207 g/mol. The molecule has 0 aliphatic heterocycles. The summed E-state index contributed by atoms with van der Waals surface area (Å²) in [6.45, 7) is 5.08. The van der Waals surface area contributed by atoms with Gasteiger partial charge in [0, 0.05) is 6.42 Å². The van der Waals surface area contributed by atoms with Crippen LogP contribution < -0.4 is 5.73 Å². The lowest BCUT2D eigenvalue weighted by Crippen LogP contribution is -2.30. The number of hydrogen-bond acceptors (Lipinski definition) is 1. The molecule has 1 nitrogen and oxygen atoms in total. The van der Waals surface area contributed by atoms with Crippen molar-refractivity contribution in [3.05, 3.63) is 0 Å². The molecule has 1 saturated carbocycles. The van der Waals surface area contributed by atoms with Crippen LogP contribution in [0.1, 0.15) is 52.4 Å². The van der Waals surface area contributed by atoms with Crippen molar-refractivity contribution in [2.75, 3.05) is 6.54 Å². The molecular weight excluding hydrogens is 182 g/mol. The summed E-state index contributed by atoms with van der Waals surface area (Å²) in [6.07, 6.45) is 7.88. The Labute approximate surface area is 94.8 Å². The highest BCUT2D eigenvalue weighted by atomic mass is 14.6. The molecule has 0 radical (unpaired) electrons. The Balaban J connectivity index is 2.47. The predicted octanol–water partition coefficient (Wildman–Crippen LogP) is 3.19. The standard InChI is InChI=1S/C14H25N/c1-3-5-7-13-10-12(6-4-2)8-9-14(13)11-15/h12-14H,4,6-11,15H2,1-2H3. The van der Waals surface area contributed by atoms with Crippen molar-refractivity contribution in [1.29, 1.82) is 0 Å². The lowest BCUT2D eigenvalue weighted by Gasteiger charge is -2.34. The molecule has 0 saturated heterocycles. The van der Waals surface area contributed by atoms with E-state index in [0.717, 1.165) is 30.7 Å². The zero-order chi connectivity index (χ0) is 11.1. The summed E-state index contributed by atoms with van der Waals surface area (Å²) in [7, 11) is 0. The van der Waals surface area contributed by atoms with Gasteiger partial charge in [-0.2, -0.15) is 0 Å². The molecule has 1 rings (SSSR count). The summed E-state index contributed by atoms with van der Waals surface area (Å²) in [5.74, 6) is 8.71. The monoisotopic (exact) mass is 207 g/mol. The maximum Gasteiger partial charge on any atom is 0.0120 e. The molecule has 0 aromatic rings. The average Bonchev–Trinajstić information content (AvgIpc) is 2.27. The Morgan fingerprint density at radius 3 is 2.67 bits per heavy atom. The first-order chi connectivity index (χ1) is 7.31. The van der Waals surface area contributed by atoms with E-state index in [1.807, 2.05) is 6.92 Å². The second kappa shape index (κ2) is 6.90. The third kappa shape index (κ3) is 3.87. The highest BCUT2D eigenvalue weighted by Crippen LogP contribution is 2.37. The minimum Gasteiger partial charge on any atom is -0.330 e. The van der Waals surface area contributed by atoms with Gasteiger partial charge in [0.25, 0.3) is 0 Å². The van der Waals surface area contributed by atoms with Gasteiger partial charge in [0.2, 0.25) is 0 Å². The van der Waals surface area contributed by atoms with E-state index in [4.69, 9.17) is 5.73 Å². The molecule has 2 N–H and O–H groups in total. The van der Waals surface area contributed by atoms with Crippen LogP contribution in [0.2, 0.25) is 0 Å². The third-order valence-electron chi connectivity index (χ3n) is 3.79. The molecule has 86 valence electrons. The SMILES string of the molecule is CC#CCC1CC(CCC)CCC1CN. The summed E-state index contributed by atoms with van der Waals surface area (Å²) in [5, 5.41) is 0. The lowest BCUT2D eigenvalue weighted by molar-refractivity contribution is 0.180. The van der Waals surface area contributed by atoms with Crippen LogP contribution in [0.3, 0.4) is 0 Å². The van der Waals surface area contributed by atoms with Crippen LogP contribution in [-0.4, -0.2) is 6.54 Å². The normalized spacial score (nSPS) is 30.7. The first-order valence-corrected chi connectivity index (χ1v) is 6.41. The predicted molar refractivity (Wildman–Crippen MR) is 66.4 cm³/mol. The Morgan fingerprint density at radius 2 is 2.07 bits per heavy atom. The van der Waals surface area contributed by atoms with E-state index >= 15 is 0 Å². The fourth-order valence-corrected chi connectivity index (χ4v) is 2.89. The van der Waals surface area contributed by atoms with Gasteiger partial charge in [-0.15, -0.1) is 11.8 Å². The van der Waals surface area contributed by atoms with Crippen molar-refractivity contribution in [2.45, 2.75) is 52.4 Å². The first kappa shape index (κ1) is 12.6. The highest BCUT2D eigenvalue weighted by molar-refractivity contribution is 4.98. The molecule has 0 spiro atoms. The van der Waals surface area contributed by atoms with Gasteiger partial charge >= 0.3 is 0 Å². The van der Waals surface area contributed by atoms with Crippen LogP contribution in [0.4, 0.5) is 0 Å². The van der Waals surface area contributed by atoms with Crippen molar-refractivity contribution >= 4 is 0 Å². The summed E-state index contributed by atoms with van der Waals surface area (Å²) in [6, 6.07) is 0. The molecule has 15 heavy (non-hydrogen) atoms. The molecule has 0 aromatic heterocycles. The lowest BCUT2D eigenvalue weighted by atomic mass is 9.71. The van der Waals surface area contributed by atoms with Crippen LogP contribution in [-0.2, 0) is 0 Å². The minimum absolute atomic E-state index is 0.735. The van der Waals surface area contributed by atoms with Gasteiger partial charge in [-0.1, -0.05) is 26.2 Å². The van der Waals surface area contributed by atoms with Crippen molar-refractivity contribution in [2.24, 2.45) is 23.5 Å². The second-order valence-corrected chi connectivity index (χ2v) is 4.85. The van der Waals surface area contributed by atoms with Crippen molar-refractivity contribution in [3.63, 3.8) is 0 Å². The molecule has 0 aromatic carbocycles. The largest absolute Gasteiger partial charge is 0.330 e. The van der Waals surface area contributed by atoms with Crippen molar-refractivity contribution in [3.8, 4) is 11.8 Å². The maximum atomic E-state index is 5.84. The minimum atomic E-state index is 0.735. The van der Waals surface area contributed by atoms with E-state index in [1.165, 1.54) is 32.1 Å². The second-order valence-electron chi connectivity index (χ2n) is 4.85. The van der Waals surface area contributed by atoms with E-state index in [0.29, 0.717) is 0 Å². The Bertz CT molecular complexity index is 223. The topological polar surface area (TPSA) is 26.0 Å². The smallest absolute Gasteiger partial charge is 0.0120 e. The molecule has 3 unspecified atom stereocenters. The van der Waals surface area contributed by atoms with E-state index in [-0.39, 0.29) is 0 Å². The fraction of sp³-hybridized carbons (Fsp3) is 0.857. The maximum absolute atomic E-state index is 5.84. The molecular formula is C14H25N. The van der Waals surface area contributed by atoms with Crippen LogP contribution in [0, 0.1) is 29.6 Å². The van der Waals surface area contributed by atoms with Crippen LogP contribution in [0.5, 0.6) is 0 Å². The van der Waals surface area contributed by atoms with Crippen LogP contribution >= 0.6 is 0 Å². The molecule has 1 heteroatoms. The number of nitrogens with two attached hydrogens (primary N) is 1. The molecule has 3 atom stereocenters. The number of rotatable bonds is 4. The molecule has 0 heterocycles. The summed E-state index contributed by atoms with van der Waals surface area (Å²) >= 11 is 0. The quantitative estimate of drug-likeness (QED) is 0.704. The van der Waals surface area contributed by atoms with Crippen molar-refractivity contribution < 1.29 is 0 Å². The van der Waals surface area contributed by atoms with Crippen molar-refractivity contribution in [1.82, 2.24) is 0 Å². The summed E-state index contributed by atoms with van der Waals surface area (Å²) in [4.78, 5) is 0. The van der Waals surface area contributed by atoms with Gasteiger partial charge in [0.15, 0.2) is 0 Å². The van der Waals surface area contributed by atoms with Gasteiger partial charge in [-0.25, -0.2) is 0 Å². The Hall–Kier alpha value is -0.480. The Kier molecular flexibility index (Phi) is 5.79. The summed E-state index contributed by atoms with van der Waals surface area (Å²) in [5.41, 5.74) is 5.84. The van der Waals surface area contributed by atoms with Gasteiger partial charge in [0.05, 0.1) is 0 Å². The van der Waals surface area contributed by atoms with Gasteiger partial charge < -0.3 is 5.73 Å².